The van der Waals surface area contributed by atoms with Crippen molar-refractivity contribution in [2.75, 3.05) is 6.54 Å². The lowest BCUT2D eigenvalue weighted by Crippen LogP contribution is -2.34. The Balaban J connectivity index is 1.31. The van der Waals surface area contributed by atoms with Crippen LogP contribution in [0.4, 0.5) is 0 Å². The van der Waals surface area contributed by atoms with E-state index in [2.05, 4.69) is 26.7 Å². The number of aryl methyl sites for hydroxylation is 1. The topological polar surface area (TPSA) is 89.8 Å². The molecule has 0 atom stereocenters. The summed E-state index contributed by atoms with van der Waals surface area (Å²) in [6.07, 6.45) is 1.58. The molecule has 0 aliphatic heterocycles. The summed E-state index contributed by atoms with van der Waals surface area (Å²) in [6, 6.07) is 15.0. The number of benzene rings is 2. The standard InChI is InChI=1S/C19H17N5O2S/c25-17(12-24-19(26)13-6-1-2-7-14(13)22-23-24)20-11-5-10-18-21-15-8-3-4-9-16(15)27-18/h1-4,6-9H,5,10-12H2,(H,20,25). The summed E-state index contributed by atoms with van der Waals surface area (Å²) in [4.78, 5) is 29.0. The largest absolute Gasteiger partial charge is 0.354 e. The molecule has 27 heavy (non-hydrogen) atoms. The molecule has 136 valence electrons. The molecule has 8 heteroatoms. The molecule has 0 fully saturated rings. The third kappa shape index (κ3) is 3.85. The molecule has 2 heterocycles. The van der Waals surface area contributed by atoms with Gasteiger partial charge in [0.1, 0.15) is 12.1 Å². The molecule has 2 aromatic carbocycles. The normalized spacial score (nSPS) is 11.1. The third-order valence-corrected chi connectivity index (χ3v) is 5.25. The lowest BCUT2D eigenvalue weighted by Gasteiger charge is -2.06. The van der Waals surface area contributed by atoms with Gasteiger partial charge in [-0.3, -0.25) is 9.59 Å². The Morgan fingerprint density at radius 3 is 2.70 bits per heavy atom. The number of thiazole rings is 1. The van der Waals surface area contributed by atoms with E-state index in [4.69, 9.17) is 0 Å². The maximum absolute atomic E-state index is 12.3. The van der Waals surface area contributed by atoms with Crippen molar-refractivity contribution in [3.05, 3.63) is 63.9 Å². The Morgan fingerprint density at radius 1 is 1.07 bits per heavy atom. The average molecular weight is 379 g/mol. The van der Waals surface area contributed by atoms with Gasteiger partial charge in [-0.05, 0) is 30.7 Å². The molecule has 4 rings (SSSR count). The highest BCUT2D eigenvalue weighted by molar-refractivity contribution is 7.18. The van der Waals surface area contributed by atoms with Crippen molar-refractivity contribution in [3.63, 3.8) is 0 Å². The predicted octanol–water partition coefficient (Wildman–Crippen LogP) is 2.15. The molecule has 0 unspecified atom stereocenters. The number of nitrogens with one attached hydrogen (secondary N) is 1. The number of amides is 1. The Hall–Kier alpha value is -3.13. The van der Waals surface area contributed by atoms with E-state index in [-0.39, 0.29) is 18.0 Å². The summed E-state index contributed by atoms with van der Waals surface area (Å²) in [6.45, 7) is 0.377. The van der Waals surface area contributed by atoms with Crippen LogP contribution in [0.15, 0.2) is 53.3 Å². The second kappa shape index (κ2) is 7.63. The Labute approximate surface area is 158 Å². The molecule has 0 aliphatic rings. The number of para-hydroxylation sites is 1. The zero-order valence-corrected chi connectivity index (χ0v) is 15.3. The highest BCUT2D eigenvalue weighted by Crippen LogP contribution is 2.22. The van der Waals surface area contributed by atoms with Crippen LogP contribution < -0.4 is 10.9 Å². The van der Waals surface area contributed by atoms with Gasteiger partial charge in [-0.2, -0.15) is 0 Å². The molecule has 1 amide bonds. The fourth-order valence-corrected chi connectivity index (χ4v) is 3.82. The van der Waals surface area contributed by atoms with Crippen molar-refractivity contribution in [2.45, 2.75) is 19.4 Å². The van der Waals surface area contributed by atoms with Gasteiger partial charge in [-0.25, -0.2) is 9.67 Å². The quantitative estimate of drug-likeness (QED) is 0.519. The van der Waals surface area contributed by atoms with Gasteiger partial charge in [-0.1, -0.05) is 29.5 Å². The predicted molar refractivity (Wildman–Crippen MR) is 105 cm³/mol. The monoisotopic (exact) mass is 379 g/mol. The van der Waals surface area contributed by atoms with E-state index in [1.165, 1.54) is 4.70 Å². The molecule has 0 bridgehead atoms. The molecule has 0 radical (unpaired) electrons. The highest BCUT2D eigenvalue weighted by atomic mass is 32.1. The first-order chi connectivity index (χ1) is 13.2. The zero-order chi connectivity index (χ0) is 18.6. The number of hydrogen-bond acceptors (Lipinski definition) is 6. The average Bonchev–Trinajstić information content (AvgIpc) is 3.10. The Morgan fingerprint density at radius 2 is 1.85 bits per heavy atom. The van der Waals surface area contributed by atoms with Crippen LogP contribution in [-0.2, 0) is 17.8 Å². The highest BCUT2D eigenvalue weighted by Gasteiger charge is 2.09. The van der Waals surface area contributed by atoms with Gasteiger partial charge >= 0.3 is 0 Å². The number of carbonyl (C=O) groups is 1. The molecule has 0 spiro atoms. The van der Waals surface area contributed by atoms with Crippen LogP contribution in [0, 0.1) is 0 Å². The molecule has 0 aliphatic carbocycles. The maximum Gasteiger partial charge on any atom is 0.278 e. The summed E-state index contributed by atoms with van der Waals surface area (Å²) in [5.74, 6) is -0.258. The molecular weight excluding hydrogens is 362 g/mol. The minimum atomic E-state index is -0.315. The van der Waals surface area contributed by atoms with Gasteiger partial charge in [0, 0.05) is 13.0 Å². The van der Waals surface area contributed by atoms with Crippen LogP contribution in [0.2, 0.25) is 0 Å². The molecule has 1 N–H and O–H groups in total. The number of fused-ring (bicyclic) bond motifs is 2. The van der Waals surface area contributed by atoms with Crippen molar-refractivity contribution in [3.8, 4) is 0 Å². The molecular formula is C19H17N5O2S. The second-order valence-corrected chi connectivity index (χ2v) is 7.21. The minimum Gasteiger partial charge on any atom is -0.354 e. The smallest absolute Gasteiger partial charge is 0.278 e. The van der Waals surface area contributed by atoms with Crippen molar-refractivity contribution < 1.29 is 4.79 Å². The summed E-state index contributed by atoms with van der Waals surface area (Å²) in [5, 5.41) is 12.1. The fourth-order valence-electron chi connectivity index (χ4n) is 2.81. The van der Waals surface area contributed by atoms with Crippen molar-refractivity contribution in [1.82, 2.24) is 25.3 Å². The van der Waals surface area contributed by atoms with Crippen molar-refractivity contribution in [1.29, 1.82) is 0 Å². The summed E-state index contributed by atoms with van der Waals surface area (Å²) < 4.78 is 2.26. The summed E-state index contributed by atoms with van der Waals surface area (Å²) in [7, 11) is 0. The van der Waals surface area contributed by atoms with E-state index >= 15 is 0 Å². The second-order valence-electron chi connectivity index (χ2n) is 6.10. The van der Waals surface area contributed by atoms with E-state index < -0.39 is 0 Å². The zero-order valence-electron chi connectivity index (χ0n) is 14.5. The van der Waals surface area contributed by atoms with Gasteiger partial charge in [0.15, 0.2) is 0 Å². The molecule has 7 nitrogen and oxygen atoms in total. The SMILES string of the molecule is O=C(Cn1nnc2ccccc2c1=O)NCCCc1nc2ccccc2s1. The summed E-state index contributed by atoms with van der Waals surface area (Å²) in [5.41, 5.74) is 1.22. The van der Waals surface area contributed by atoms with Crippen molar-refractivity contribution >= 4 is 38.4 Å². The van der Waals surface area contributed by atoms with Gasteiger partial charge in [-0.15, -0.1) is 16.4 Å². The number of rotatable bonds is 6. The van der Waals surface area contributed by atoms with E-state index in [1.54, 1.807) is 35.6 Å². The molecule has 4 aromatic rings. The first-order valence-electron chi connectivity index (χ1n) is 8.64. The van der Waals surface area contributed by atoms with Crippen LogP contribution >= 0.6 is 11.3 Å². The minimum absolute atomic E-state index is 0.141. The van der Waals surface area contributed by atoms with Gasteiger partial charge in [0.2, 0.25) is 5.91 Å². The van der Waals surface area contributed by atoms with E-state index in [9.17, 15) is 9.59 Å². The summed E-state index contributed by atoms with van der Waals surface area (Å²) >= 11 is 1.67. The number of hydrogen-bond donors (Lipinski definition) is 1. The molecule has 0 saturated carbocycles. The Kier molecular flexibility index (Phi) is 4.88. The molecule has 0 saturated heterocycles. The van der Waals surface area contributed by atoms with Crippen LogP contribution in [0.1, 0.15) is 11.4 Å². The number of carbonyl (C=O) groups excluding carboxylic acids is 1. The van der Waals surface area contributed by atoms with E-state index in [0.29, 0.717) is 17.4 Å². The molecule has 2 aromatic heterocycles. The number of aromatic nitrogens is 4. The fraction of sp³-hybridized carbons (Fsp3) is 0.211. The van der Waals surface area contributed by atoms with Crippen LogP contribution in [0.3, 0.4) is 0 Å². The van der Waals surface area contributed by atoms with Gasteiger partial charge in [0.25, 0.3) is 5.56 Å². The third-order valence-electron chi connectivity index (χ3n) is 4.15. The van der Waals surface area contributed by atoms with Crippen LogP contribution in [0.5, 0.6) is 0 Å². The van der Waals surface area contributed by atoms with Gasteiger partial charge in [0.05, 0.1) is 20.6 Å². The van der Waals surface area contributed by atoms with E-state index in [0.717, 1.165) is 28.0 Å². The van der Waals surface area contributed by atoms with Gasteiger partial charge < -0.3 is 5.32 Å². The number of nitrogens with zero attached hydrogens (tertiary/aromatic N) is 4. The lowest BCUT2D eigenvalue weighted by atomic mass is 10.2. The van der Waals surface area contributed by atoms with Crippen LogP contribution in [0.25, 0.3) is 21.1 Å². The van der Waals surface area contributed by atoms with Crippen LogP contribution in [-0.4, -0.2) is 32.4 Å². The Bertz CT molecular complexity index is 1130. The lowest BCUT2D eigenvalue weighted by molar-refractivity contribution is -0.121. The van der Waals surface area contributed by atoms with E-state index in [1.807, 2.05) is 18.2 Å². The maximum atomic E-state index is 12.3. The first kappa shape index (κ1) is 17.3. The first-order valence-corrected chi connectivity index (χ1v) is 9.46. The van der Waals surface area contributed by atoms with Crippen molar-refractivity contribution in [2.24, 2.45) is 0 Å².